The lowest BCUT2D eigenvalue weighted by atomic mass is 9.95. The molecule has 1 atom stereocenters. The Morgan fingerprint density at radius 3 is 2.21 bits per heavy atom. The van der Waals surface area contributed by atoms with E-state index in [9.17, 15) is 19.2 Å². The molecule has 210 valence electrons. The van der Waals surface area contributed by atoms with Crippen molar-refractivity contribution >= 4 is 35.2 Å². The molecule has 10 heteroatoms. The Hall–Kier alpha value is -2.81. The third kappa shape index (κ3) is 7.62. The fourth-order valence-electron chi connectivity index (χ4n) is 5.03. The van der Waals surface area contributed by atoms with E-state index in [1.54, 1.807) is 55.9 Å². The van der Waals surface area contributed by atoms with Crippen molar-refractivity contribution in [3.8, 4) is 5.75 Å². The lowest BCUT2D eigenvalue weighted by Gasteiger charge is -2.34. The minimum absolute atomic E-state index is 0.0569. The summed E-state index contributed by atoms with van der Waals surface area (Å²) in [6, 6.07) is 4.27. The zero-order valence-corrected chi connectivity index (χ0v) is 23.8. The number of piperidine rings is 1. The number of ether oxygens (including phenoxy) is 1. The molecular weight excluding hydrogens is 508 g/mol. The summed E-state index contributed by atoms with van der Waals surface area (Å²) in [5, 5.41) is 0.416. The van der Waals surface area contributed by atoms with Crippen LogP contribution in [0.3, 0.4) is 0 Å². The summed E-state index contributed by atoms with van der Waals surface area (Å²) >= 11 is 6.18. The first kappa shape index (κ1) is 29.7. The van der Waals surface area contributed by atoms with Crippen LogP contribution in [-0.2, 0) is 14.4 Å². The molecule has 0 N–H and O–H groups in total. The lowest BCUT2D eigenvalue weighted by Crippen LogP contribution is -2.47. The van der Waals surface area contributed by atoms with Crippen molar-refractivity contribution in [2.75, 3.05) is 53.4 Å². The van der Waals surface area contributed by atoms with E-state index in [1.165, 1.54) is 4.90 Å². The number of halogens is 1. The van der Waals surface area contributed by atoms with Crippen LogP contribution < -0.4 is 4.74 Å². The van der Waals surface area contributed by atoms with Gasteiger partial charge in [0.2, 0.25) is 17.7 Å². The maximum Gasteiger partial charge on any atom is 0.258 e. The van der Waals surface area contributed by atoms with Crippen molar-refractivity contribution in [2.45, 2.75) is 58.4 Å². The van der Waals surface area contributed by atoms with Crippen molar-refractivity contribution in [1.82, 2.24) is 19.6 Å². The highest BCUT2D eigenvalue weighted by Crippen LogP contribution is 2.26. The van der Waals surface area contributed by atoms with Gasteiger partial charge in [-0.25, -0.2) is 0 Å². The van der Waals surface area contributed by atoms with Crippen molar-refractivity contribution in [3.63, 3.8) is 0 Å². The molecule has 0 saturated carbocycles. The Labute approximate surface area is 231 Å². The third-order valence-electron chi connectivity index (χ3n) is 7.66. The van der Waals surface area contributed by atoms with Gasteiger partial charge in [-0.1, -0.05) is 11.6 Å². The third-order valence-corrected chi connectivity index (χ3v) is 7.89. The van der Waals surface area contributed by atoms with Crippen molar-refractivity contribution < 1.29 is 23.9 Å². The van der Waals surface area contributed by atoms with Crippen LogP contribution in [0.5, 0.6) is 5.75 Å². The number of benzene rings is 1. The highest BCUT2D eigenvalue weighted by Gasteiger charge is 2.30. The van der Waals surface area contributed by atoms with Gasteiger partial charge in [0.05, 0.1) is 12.2 Å². The molecule has 1 aromatic rings. The molecule has 1 fully saturated rings. The zero-order valence-electron chi connectivity index (χ0n) is 23.1. The quantitative estimate of drug-likeness (QED) is 0.537. The molecule has 3 rings (SSSR count). The Balaban J connectivity index is 1.73. The SMILES string of the molecule is CC(=O)N1CCC(C(=O)N2CCCCOc3ccc(Cl)cc3C(=O)N(C)[C@@H](C)C(=O)N(C)CCCC2)CC1. The van der Waals surface area contributed by atoms with E-state index in [0.717, 1.165) is 25.7 Å². The van der Waals surface area contributed by atoms with E-state index in [2.05, 4.69) is 0 Å². The number of rotatable bonds is 1. The zero-order chi connectivity index (χ0) is 27.8. The first-order chi connectivity index (χ1) is 18.1. The summed E-state index contributed by atoms with van der Waals surface area (Å²) in [6.45, 7) is 6.70. The molecule has 0 aromatic heterocycles. The van der Waals surface area contributed by atoms with Gasteiger partial charge in [-0.2, -0.15) is 0 Å². The van der Waals surface area contributed by atoms with E-state index in [4.69, 9.17) is 16.3 Å². The molecule has 2 heterocycles. The molecular formula is C28H41ClN4O5. The fraction of sp³-hybridized carbons (Fsp3) is 0.643. The van der Waals surface area contributed by atoms with Crippen molar-refractivity contribution in [3.05, 3.63) is 28.8 Å². The minimum atomic E-state index is -0.658. The number of nitrogens with zero attached hydrogens (tertiary/aromatic N) is 4. The van der Waals surface area contributed by atoms with Crippen molar-refractivity contribution in [2.24, 2.45) is 5.92 Å². The van der Waals surface area contributed by atoms with E-state index in [1.807, 2.05) is 4.90 Å². The van der Waals surface area contributed by atoms with Crippen LogP contribution >= 0.6 is 11.6 Å². The number of amides is 4. The van der Waals surface area contributed by atoms with Gasteiger partial charge in [0, 0.05) is 64.7 Å². The van der Waals surface area contributed by atoms with Crippen LogP contribution in [0.4, 0.5) is 0 Å². The number of likely N-dealkylation sites (N-methyl/N-ethyl adjacent to an activating group) is 2. The maximum atomic E-state index is 13.4. The summed E-state index contributed by atoms with van der Waals surface area (Å²) < 4.78 is 5.97. The molecule has 0 radical (unpaired) electrons. The fourth-order valence-corrected chi connectivity index (χ4v) is 5.20. The van der Waals surface area contributed by atoms with Crippen LogP contribution in [0.15, 0.2) is 18.2 Å². The molecule has 4 amide bonds. The molecule has 0 spiro atoms. The second-order valence-electron chi connectivity index (χ2n) is 10.4. The molecule has 0 aliphatic carbocycles. The number of carbonyl (C=O) groups is 4. The van der Waals surface area contributed by atoms with E-state index < -0.39 is 6.04 Å². The minimum Gasteiger partial charge on any atom is -0.493 e. The van der Waals surface area contributed by atoms with E-state index in [-0.39, 0.29) is 29.5 Å². The Morgan fingerprint density at radius 2 is 1.55 bits per heavy atom. The van der Waals surface area contributed by atoms with Gasteiger partial charge in [-0.15, -0.1) is 0 Å². The first-order valence-corrected chi connectivity index (χ1v) is 14.0. The topological polar surface area (TPSA) is 90.5 Å². The highest BCUT2D eigenvalue weighted by molar-refractivity contribution is 6.31. The monoisotopic (exact) mass is 548 g/mol. The summed E-state index contributed by atoms with van der Waals surface area (Å²) in [5.41, 5.74) is 0.320. The molecule has 2 aliphatic rings. The van der Waals surface area contributed by atoms with Crippen LogP contribution in [0.1, 0.15) is 62.7 Å². The van der Waals surface area contributed by atoms with Gasteiger partial charge in [0.15, 0.2) is 0 Å². The van der Waals surface area contributed by atoms with Gasteiger partial charge in [0.1, 0.15) is 11.8 Å². The van der Waals surface area contributed by atoms with E-state index in [0.29, 0.717) is 68.5 Å². The lowest BCUT2D eigenvalue weighted by molar-refractivity contribution is -0.140. The second-order valence-corrected chi connectivity index (χ2v) is 10.8. The number of hydrogen-bond donors (Lipinski definition) is 0. The molecule has 2 aliphatic heterocycles. The number of carbonyl (C=O) groups excluding carboxylic acids is 4. The first-order valence-electron chi connectivity index (χ1n) is 13.6. The number of hydrogen-bond acceptors (Lipinski definition) is 5. The van der Waals surface area contributed by atoms with Crippen LogP contribution in [0.25, 0.3) is 0 Å². The molecule has 1 saturated heterocycles. The Bertz CT molecular complexity index is 1010. The number of fused-ring (bicyclic) bond motifs is 1. The second kappa shape index (κ2) is 13.8. The van der Waals surface area contributed by atoms with Crippen LogP contribution in [-0.4, -0.2) is 103 Å². The summed E-state index contributed by atoms with van der Waals surface area (Å²) in [5.74, 6) is 0.0835. The van der Waals surface area contributed by atoms with Crippen molar-refractivity contribution in [1.29, 1.82) is 0 Å². The molecule has 38 heavy (non-hydrogen) atoms. The van der Waals surface area contributed by atoms with Gasteiger partial charge in [-0.05, 0) is 63.6 Å². The standard InChI is InChI=1S/C28H41ClN4O5/c1-20-26(35)30(3)13-5-6-14-33(27(36)22-11-16-32(17-12-22)21(2)34)15-7-8-18-38-25-10-9-23(29)19-24(25)28(37)31(20)4/h9-10,19-20,22H,5-8,11-18H2,1-4H3/t20-/m0/s1. The average Bonchev–Trinajstić information content (AvgIpc) is 2.92. The summed E-state index contributed by atoms with van der Waals surface area (Å²) in [7, 11) is 3.35. The normalized spacial score (nSPS) is 21.6. The van der Waals surface area contributed by atoms with Crippen LogP contribution in [0, 0.1) is 5.92 Å². The summed E-state index contributed by atoms with van der Waals surface area (Å²) in [6.07, 6.45) is 4.39. The largest absolute Gasteiger partial charge is 0.493 e. The highest BCUT2D eigenvalue weighted by atomic mass is 35.5. The summed E-state index contributed by atoms with van der Waals surface area (Å²) in [4.78, 5) is 58.2. The smallest absolute Gasteiger partial charge is 0.258 e. The average molecular weight is 549 g/mol. The van der Waals surface area contributed by atoms with Gasteiger partial charge < -0.3 is 24.3 Å². The predicted octanol–water partition coefficient (Wildman–Crippen LogP) is 3.30. The Kier molecular flexibility index (Phi) is 10.8. The molecule has 9 nitrogen and oxygen atoms in total. The van der Waals surface area contributed by atoms with Crippen LogP contribution in [0.2, 0.25) is 5.02 Å². The molecule has 0 unspecified atom stereocenters. The van der Waals surface area contributed by atoms with Gasteiger partial charge >= 0.3 is 0 Å². The van der Waals surface area contributed by atoms with Gasteiger partial charge in [0.25, 0.3) is 5.91 Å². The number of likely N-dealkylation sites (tertiary alicyclic amines) is 1. The predicted molar refractivity (Wildman–Crippen MR) is 146 cm³/mol. The Morgan fingerprint density at radius 1 is 0.921 bits per heavy atom. The van der Waals surface area contributed by atoms with Gasteiger partial charge in [-0.3, -0.25) is 19.2 Å². The molecule has 0 bridgehead atoms. The maximum absolute atomic E-state index is 13.4. The van der Waals surface area contributed by atoms with E-state index >= 15 is 0 Å². The molecule has 1 aromatic carbocycles.